The number of aromatic nitrogens is 1. The Hall–Kier alpha value is -1.69. The van der Waals surface area contributed by atoms with Crippen LogP contribution in [0.25, 0.3) is 0 Å². The van der Waals surface area contributed by atoms with Gasteiger partial charge in [0.1, 0.15) is 12.0 Å². The standard InChI is InChI=1S/C12H20N4O2/c1-4-12(5-2,8-13)15-11-6-9(3)10(7-14-11)16(17)18/h6-7H,4-5,8,13H2,1-3H3,(H,14,15). The van der Waals surface area contributed by atoms with Gasteiger partial charge in [-0.05, 0) is 25.8 Å². The molecule has 1 rings (SSSR count). The molecule has 0 amide bonds. The van der Waals surface area contributed by atoms with E-state index in [0.717, 1.165) is 12.8 Å². The Kier molecular flexibility index (Phi) is 4.61. The van der Waals surface area contributed by atoms with Gasteiger partial charge in [0, 0.05) is 12.1 Å². The topological polar surface area (TPSA) is 94.1 Å². The van der Waals surface area contributed by atoms with Crippen molar-refractivity contribution in [3.8, 4) is 0 Å². The maximum atomic E-state index is 10.7. The molecule has 0 aliphatic rings. The molecule has 100 valence electrons. The van der Waals surface area contributed by atoms with Gasteiger partial charge in [-0.15, -0.1) is 0 Å². The van der Waals surface area contributed by atoms with E-state index in [1.54, 1.807) is 13.0 Å². The van der Waals surface area contributed by atoms with Crippen molar-refractivity contribution in [2.24, 2.45) is 5.73 Å². The van der Waals surface area contributed by atoms with E-state index in [2.05, 4.69) is 24.1 Å². The van der Waals surface area contributed by atoms with Crippen LogP contribution in [0.1, 0.15) is 32.3 Å². The van der Waals surface area contributed by atoms with Gasteiger partial charge < -0.3 is 11.1 Å². The predicted molar refractivity (Wildman–Crippen MR) is 71.6 cm³/mol. The van der Waals surface area contributed by atoms with Crippen molar-refractivity contribution in [3.05, 3.63) is 27.9 Å². The first-order chi connectivity index (χ1) is 8.48. The molecule has 6 nitrogen and oxygen atoms in total. The van der Waals surface area contributed by atoms with E-state index in [-0.39, 0.29) is 11.2 Å². The van der Waals surface area contributed by atoms with Crippen molar-refractivity contribution in [2.75, 3.05) is 11.9 Å². The van der Waals surface area contributed by atoms with Crippen LogP contribution in [-0.4, -0.2) is 22.0 Å². The van der Waals surface area contributed by atoms with E-state index in [0.29, 0.717) is 17.9 Å². The average Bonchev–Trinajstić information content (AvgIpc) is 2.36. The van der Waals surface area contributed by atoms with E-state index in [9.17, 15) is 10.1 Å². The molecule has 0 unspecified atom stereocenters. The fraction of sp³-hybridized carbons (Fsp3) is 0.583. The lowest BCUT2D eigenvalue weighted by atomic mass is 9.93. The molecule has 0 fully saturated rings. The van der Waals surface area contributed by atoms with Crippen molar-refractivity contribution < 1.29 is 4.92 Å². The first-order valence-corrected chi connectivity index (χ1v) is 6.07. The number of anilines is 1. The Balaban J connectivity index is 2.98. The Labute approximate surface area is 107 Å². The molecular formula is C12H20N4O2. The van der Waals surface area contributed by atoms with Crippen molar-refractivity contribution in [1.29, 1.82) is 0 Å². The molecule has 0 saturated heterocycles. The summed E-state index contributed by atoms with van der Waals surface area (Å²) >= 11 is 0. The monoisotopic (exact) mass is 252 g/mol. The summed E-state index contributed by atoms with van der Waals surface area (Å²) in [6, 6.07) is 1.69. The summed E-state index contributed by atoms with van der Waals surface area (Å²) in [6.07, 6.45) is 3.03. The zero-order valence-corrected chi connectivity index (χ0v) is 11.1. The molecule has 0 saturated carbocycles. The minimum Gasteiger partial charge on any atom is -0.363 e. The number of nitrogens with zero attached hydrogens (tertiary/aromatic N) is 2. The van der Waals surface area contributed by atoms with Crippen LogP contribution in [0.2, 0.25) is 0 Å². The highest BCUT2D eigenvalue weighted by atomic mass is 16.6. The number of aryl methyl sites for hydroxylation is 1. The van der Waals surface area contributed by atoms with Gasteiger partial charge in [-0.3, -0.25) is 10.1 Å². The van der Waals surface area contributed by atoms with Crippen molar-refractivity contribution in [1.82, 2.24) is 4.98 Å². The predicted octanol–water partition coefficient (Wildman–Crippen LogP) is 2.23. The van der Waals surface area contributed by atoms with Crippen molar-refractivity contribution in [3.63, 3.8) is 0 Å². The van der Waals surface area contributed by atoms with Crippen LogP contribution < -0.4 is 11.1 Å². The molecule has 0 aliphatic heterocycles. The minimum absolute atomic E-state index is 0.0342. The largest absolute Gasteiger partial charge is 0.363 e. The molecule has 0 atom stereocenters. The molecule has 0 bridgehead atoms. The first-order valence-electron chi connectivity index (χ1n) is 6.07. The summed E-state index contributed by atoms with van der Waals surface area (Å²) < 4.78 is 0. The summed E-state index contributed by atoms with van der Waals surface area (Å²) in [5.74, 6) is 0.632. The molecule has 0 aliphatic carbocycles. The van der Waals surface area contributed by atoms with Crippen LogP contribution in [0.5, 0.6) is 0 Å². The smallest absolute Gasteiger partial charge is 0.290 e. The maximum Gasteiger partial charge on any atom is 0.290 e. The van der Waals surface area contributed by atoms with Gasteiger partial charge in [-0.25, -0.2) is 4.98 Å². The van der Waals surface area contributed by atoms with Crippen molar-refractivity contribution >= 4 is 11.5 Å². The van der Waals surface area contributed by atoms with Gasteiger partial charge in [0.15, 0.2) is 0 Å². The summed E-state index contributed by atoms with van der Waals surface area (Å²) in [5, 5.41) is 14.0. The molecule has 1 heterocycles. The summed E-state index contributed by atoms with van der Waals surface area (Å²) in [5.41, 5.74) is 6.22. The summed E-state index contributed by atoms with van der Waals surface area (Å²) in [4.78, 5) is 14.4. The number of hydrogen-bond donors (Lipinski definition) is 2. The third-order valence-electron chi connectivity index (χ3n) is 3.42. The second kappa shape index (κ2) is 5.77. The van der Waals surface area contributed by atoms with Crippen LogP contribution in [0.15, 0.2) is 12.3 Å². The summed E-state index contributed by atoms with van der Waals surface area (Å²) in [7, 11) is 0. The van der Waals surface area contributed by atoms with Gasteiger partial charge in [-0.1, -0.05) is 13.8 Å². The van der Waals surface area contributed by atoms with Gasteiger partial charge >= 0.3 is 0 Å². The highest BCUT2D eigenvalue weighted by Crippen LogP contribution is 2.23. The molecule has 6 heteroatoms. The lowest BCUT2D eigenvalue weighted by Crippen LogP contribution is -2.44. The number of rotatable bonds is 6. The van der Waals surface area contributed by atoms with E-state index in [1.165, 1.54) is 6.20 Å². The van der Waals surface area contributed by atoms with E-state index >= 15 is 0 Å². The van der Waals surface area contributed by atoms with Crippen LogP contribution in [0, 0.1) is 17.0 Å². The zero-order valence-electron chi connectivity index (χ0n) is 11.1. The SMILES string of the molecule is CCC(CC)(CN)Nc1cc(C)c([N+](=O)[O-])cn1. The molecule has 0 spiro atoms. The molecule has 18 heavy (non-hydrogen) atoms. The fourth-order valence-corrected chi connectivity index (χ4v) is 1.85. The highest BCUT2D eigenvalue weighted by Gasteiger charge is 2.25. The third-order valence-corrected chi connectivity index (χ3v) is 3.42. The molecule has 0 radical (unpaired) electrons. The quantitative estimate of drug-likeness (QED) is 0.598. The van der Waals surface area contributed by atoms with Gasteiger partial charge in [-0.2, -0.15) is 0 Å². The minimum atomic E-state index is -0.429. The Morgan fingerprint density at radius 3 is 2.50 bits per heavy atom. The number of nitro groups is 1. The number of nitrogens with one attached hydrogen (secondary N) is 1. The van der Waals surface area contributed by atoms with Crippen LogP contribution in [0.4, 0.5) is 11.5 Å². The Bertz CT molecular complexity index is 422. The third kappa shape index (κ3) is 2.95. The van der Waals surface area contributed by atoms with E-state index in [1.807, 2.05) is 0 Å². The van der Waals surface area contributed by atoms with E-state index < -0.39 is 4.92 Å². The van der Waals surface area contributed by atoms with Crippen LogP contribution in [-0.2, 0) is 0 Å². The lowest BCUT2D eigenvalue weighted by molar-refractivity contribution is -0.385. The molecule has 3 N–H and O–H groups in total. The van der Waals surface area contributed by atoms with Crippen LogP contribution in [0.3, 0.4) is 0 Å². The summed E-state index contributed by atoms with van der Waals surface area (Å²) in [6.45, 7) is 6.31. The van der Waals surface area contributed by atoms with Crippen molar-refractivity contribution in [2.45, 2.75) is 39.2 Å². The molecule has 1 aromatic rings. The lowest BCUT2D eigenvalue weighted by Gasteiger charge is -2.32. The van der Waals surface area contributed by atoms with Crippen LogP contribution >= 0.6 is 0 Å². The normalized spacial score (nSPS) is 11.3. The first kappa shape index (κ1) is 14.4. The Morgan fingerprint density at radius 2 is 2.11 bits per heavy atom. The molecular weight excluding hydrogens is 232 g/mol. The van der Waals surface area contributed by atoms with Gasteiger partial charge in [0.2, 0.25) is 0 Å². The molecule has 1 aromatic heterocycles. The number of pyridine rings is 1. The highest BCUT2D eigenvalue weighted by molar-refractivity contribution is 5.48. The Morgan fingerprint density at radius 1 is 1.50 bits per heavy atom. The zero-order chi connectivity index (χ0) is 13.8. The maximum absolute atomic E-state index is 10.7. The number of hydrogen-bond acceptors (Lipinski definition) is 5. The van der Waals surface area contributed by atoms with Gasteiger partial charge in [0.25, 0.3) is 5.69 Å². The van der Waals surface area contributed by atoms with Gasteiger partial charge in [0.05, 0.1) is 10.5 Å². The number of nitrogens with two attached hydrogens (primary N) is 1. The molecule has 0 aromatic carbocycles. The van der Waals surface area contributed by atoms with E-state index in [4.69, 9.17) is 5.73 Å². The second-order valence-corrected chi connectivity index (χ2v) is 4.43. The average molecular weight is 252 g/mol. The fourth-order valence-electron chi connectivity index (χ4n) is 1.85. The second-order valence-electron chi connectivity index (χ2n) is 4.43.